The number of rotatable bonds is 4. The van der Waals surface area contributed by atoms with Gasteiger partial charge < -0.3 is 15.2 Å². The van der Waals surface area contributed by atoms with Crippen LogP contribution >= 0.6 is 11.6 Å². The number of nitro groups is 1. The zero-order valence-corrected chi connectivity index (χ0v) is 9.23. The molecule has 1 N–H and O–H groups in total. The van der Waals surface area contributed by atoms with Gasteiger partial charge in [0.15, 0.2) is 5.02 Å². The van der Waals surface area contributed by atoms with E-state index in [1.165, 1.54) is 10.9 Å². The molecule has 0 fully saturated rings. The molecule has 0 aliphatic carbocycles. The Bertz CT molecular complexity index is 375. The normalized spacial score (nSPS) is 14.9. The van der Waals surface area contributed by atoms with Crippen molar-refractivity contribution in [1.29, 1.82) is 0 Å². The van der Waals surface area contributed by atoms with E-state index in [-0.39, 0.29) is 17.4 Å². The molecule has 15 heavy (non-hydrogen) atoms. The summed E-state index contributed by atoms with van der Waals surface area (Å²) in [7, 11) is 0. The highest BCUT2D eigenvalue weighted by molar-refractivity contribution is 6.32. The Balaban J connectivity index is 2.89. The smallest absolute Gasteiger partial charge is 0.388 e. The first kappa shape index (κ1) is 11.9. The summed E-state index contributed by atoms with van der Waals surface area (Å²) in [5.74, 6) is -0.386. The zero-order valence-electron chi connectivity index (χ0n) is 8.47. The molecule has 0 spiro atoms. The lowest BCUT2D eigenvalue weighted by Crippen LogP contribution is -2.29. The van der Waals surface area contributed by atoms with Crippen molar-refractivity contribution in [2.75, 3.05) is 0 Å². The third-order valence-electron chi connectivity index (χ3n) is 2.14. The van der Waals surface area contributed by atoms with Gasteiger partial charge in [-0.05, 0) is 18.3 Å². The zero-order chi connectivity index (χ0) is 11.6. The van der Waals surface area contributed by atoms with E-state index in [4.69, 9.17) is 11.6 Å². The van der Waals surface area contributed by atoms with Gasteiger partial charge in [0, 0.05) is 0 Å². The fraction of sp³-hybridized carbons (Fsp3) is 0.625. The molecular weight excluding hydrogens is 222 g/mol. The molecule has 6 nitrogen and oxygen atoms in total. The molecule has 0 radical (unpaired) electrons. The highest BCUT2D eigenvalue weighted by Crippen LogP contribution is 2.22. The lowest BCUT2D eigenvalue weighted by atomic mass is 10.0. The summed E-state index contributed by atoms with van der Waals surface area (Å²) in [6.45, 7) is 3.63. The van der Waals surface area contributed by atoms with E-state index in [2.05, 4.69) is 5.10 Å². The molecule has 0 aromatic carbocycles. The van der Waals surface area contributed by atoms with Crippen molar-refractivity contribution in [3.63, 3.8) is 0 Å². The maximum absolute atomic E-state index is 10.5. The molecule has 1 heterocycles. The van der Waals surface area contributed by atoms with Crippen LogP contribution in [0.3, 0.4) is 0 Å². The largest absolute Gasteiger partial charge is 0.408 e. The maximum Gasteiger partial charge on any atom is 0.408 e. The second kappa shape index (κ2) is 4.16. The van der Waals surface area contributed by atoms with Crippen LogP contribution in [0.1, 0.15) is 20.3 Å². The topological polar surface area (TPSA) is 81.2 Å². The van der Waals surface area contributed by atoms with E-state index in [1.807, 2.05) is 6.92 Å². The van der Waals surface area contributed by atoms with Gasteiger partial charge in [-0.3, -0.25) is 0 Å². The van der Waals surface area contributed by atoms with E-state index in [9.17, 15) is 15.2 Å². The van der Waals surface area contributed by atoms with E-state index in [0.717, 1.165) is 0 Å². The highest BCUT2D eigenvalue weighted by Gasteiger charge is 2.25. The second-order valence-corrected chi connectivity index (χ2v) is 4.01. The standard InChI is InChI=1S/C8H12ClN3O3/c1-3-8(2,13)5-11-4-6(9)7(10-11)12(14)15/h4,13H,3,5H2,1-2H3. The van der Waals surface area contributed by atoms with Crippen molar-refractivity contribution in [3.05, 3.63) is 21.3 Å². The average Bonchev–Trinajstić information content (AvgIpc) is 2.46. The fourth-order valence-electron chi connectivity index (χ4n) is 1.05. The molecule has 0 aliphatic heterocycles. The number of hydrogen-bond donors (Lipinski definition) is 1. The molecule has 0 saturated heterocycles. The van der Waals surface area contributed by atoms with Crippen molar-refractivity contribution in [2.45, 2.75) is 32.4 Å². The first-order valence-corrected chi connectivity index (χ1v) is 4.83. The predicted molar refractivity (Wildman–Crippen MR) is 54.8 cm³/mol. The molecule has 1 rings (SSSR count). The number of aliphatic hydroxyl groups is 1. The van der Waals surface area contributed by atoms with Gasteiger partial charge in [-0.15, -0.1) is 0 Å². The number of halogens is 1. The van der Waals surface area contributed by atoms with Crippen LogP contribution in [0.2, 0.25) is 5.02 Å². The molecule has 1 aromatic heterocycles. The Morgan fingerprint density at radius 2 is 2.40 bits per heavy atom. The van der Waals surface area contributed by atoms with E-state index >= 15 is 0 Å². The first-order valence-electron chi connectivity index (χ1n) is 4.45. The van der Waals surface area contributed by atoms with Crippen LogP contribution in [0, 0.1) is 10.1 Å². The molecule has 0 aliphatic rings. The minimum Gasteiger partial charge on any atom is -0.388 e. The maximum atomic E-state index is 10.5. The van der Waals surface area contributed by atoms with Crippen molar-refractivity contribution in [3.8, 4) is 0 Å². The highest BCUT2D eigenvalue weighted by atomic mass is 35.5. The molecule has 1 atom stereocenters. The molecule has 84 valence electrons. The van der Waals surface area contributed by atoms with Gasteiger partial charge in [0.05, 0.1) is 23.4 Å². The minimum atomic E-state index is -0.941. The Kier molecular flexibility index (Phi) is 3.31. The van der Waals surface area contributed by atoms with Crippen molar-refractivity contribution in [1.82, 2.24) is 9.78 Å². The van der Waals surface area contributed by atoms with Gasteiger partial charge in [-0.25, -0.2) is 0 Å². The quantitative estimate of drug-likeness (QED) is 0.633. The van der Waals surface area contributed by atoms with Crippen LogP contribution in [0.5, 0.6) is 0 Å². The summed E-state index contributed by atoms with van der Waals surface area (Å²) in [5, 5.41) is 23.8. The van der Waals surface area contributed by atoms with Crippen molar-refractivity contribution in [2.24, 2.45) is 0 Å². The third-order valence-corrected chi connectivity index (χ3v) is 2.40. The second-order valence-electron chi connectivity index (χ2n) is 3.61. The molecule has 0 amide bonds. The average molecular weight is 234 g/mol. The molecule has 0 bridgehead atoms. The van der Waals surface area contributed by atoms with Gasteiger partial charge in [-0.1, -0.05) is 18.5 Å². The number of hydrogen-bond acceptors (Lipinski definition) is 4. The van der Waals surface area contributed by atoms with E-state index in [1.54, 1.807) is 6.92 Å². The lowest BCUT2D eigenvalue weighted by molar-refractivity contribution is -0.389. The summed E-state index contributed by atoms with van der Waals surface area (Å²) >= 11 is 5.61. The molecule has 1 unspecified atom stereocenters. The van der Waals surface area contributed by atoms with Gasteiger partial charge in [0.1, 0.15) is 0 Å². The Morgan fingerprint density at radius 3 is 2.80 bits per heavy atom. The first-order chi connectivity index (χ1) is 6.85. The third kappa shape index (κ3) is 2.90. The van der Waals surface area contributed by atoms with Crippen LogP contribution in [0.25, 0.3) is 0 Å². The molecule has 1 aromatic rings. The van der Waals surface area contributed by atoms with Crippen LogP contribution in [-0.4, -0.2) is 25.4 Å². The summed E-state index contributed by atoms with van der Waals surface area (Å²) in [6, 6.07) is 0. The summed E-state index contributed by atoms with van der Waals surface area (Å²) in [5.41, 5.74) is -0.941. The van der Waals surface area contributed by atoms with Gasteiger partial charge in [-0.2, -0.15) is 4.68 Å². The molecule has 0 saturated carbocycles. The van der Waals surface area contributed by atoms with Crippen LogP contribution in [0.4, 0.5) is 5.82 Å². The Hall–Kier alpha value is -1.14. The number of aromatic nitrogens is 2. The van der Waals surface area contributed by atoms with Gasteiger partial charge in [0.25, 0.3) is 0 Å². The van der Waals surface area contributed by atoms with Crippen molar-refractivity contribution >= 4 is 17.4 Å². The van der Waals surface area contributed by atoms with Crippen molar-refractivity contribution < 1.29 is 10.0 Å². The SMILES string of the molecule is CCC(C)(O)Cn1cc(Cl)c([N+](=O)[O-])n1. The Morgan fingerprint density at radius 1 is 1.80 bits per heavy atom. The van der Waals surface area contributed by atoms with E-state index in [0.29, 0.717) is 6.42 Å². The summed E-state index contributed by atoms with van der Waals surface area (Å²) in [6.07, 6.45) is 1.86. The van der Waals surface area contributed by atoms with Crippen LogP contribution in [-0.2, 0) is 6.54 Å². The molecular formula is C8H12ClN3O3. The monoisotopic (exact) mass is 233 g/mol. The van der Waals surface area contributed by atoms with E-state index < -0.39 is 10.5 Å². The summed E-state index contributed by atoms with van der Waals surface area (Å²) < 4.78 is 1.28. The predicted octanol–water partition coefficient (Wildman–Crippen LogP) is 1.61. The van der Waals surface area contributed by atoms with Gasteiger partial charge in [0.2, 0.25) is 0 Å². The minimum absolute atomic E-state index is 0.0214. The van der Waals surface area contributed by atoms with Gasteiger partial charge >= 0.3 is 5.82 Å². The van der Waals surface area contributed by atoms with Crippen LogP contribution in [0.15, 0.2) is 6.20 Å². The lowest BCUT2D eigenvalue weighted by Gasteiger charge is -2.18. The number of nitrogens with zero attached hydrogens (tertiary/aromatic N) is 3. The van der Waals surface area contributed by atoms with Crippen LogP contribution < -0.4 is 0 Å². The fourth-order valence-corrected chi connectivity index (χ4v) is 1.27. The summed E-state index contributed by atoms with van der Waals surface area (Å²) in [4.78, 5) is 9.80. The molecule has 7 heteroatoms. The Labute approximate surface area is 91.6 Å².